The summed E-state index contributed by atoms with van der Waals surface area (Å²) in [4.78, 5) is 30.1. The molecule has 0 aliphatic carbocycles. The first-order valence-corrected chi connectivity index (χ1v) is 12.1. The number of ether oxygens (including phenoxy) is 1. The van der Waals surface area contributed by atoms with Gasteiger partial charge in [0.2, 0.25) is 0 Å². The van der Waals surface area contributed by atoms with Gasteiger partial charge in [0.25, 0.3) is 5.91 Å². The number of esters is 1. The van der Waals surface area contributed by atoms with Crippen molar-refractivity contribution in [2.24, 2.45) is 0 Å². The third-order valence-electron chi connectivity index (χ3n) is 6.77. The van der Waals surface area contributed by atoms with E-state index >= 15 is 0 Å². The minimum Gasteiger partial charge on any atom is -0.468 e. The summed E-state index contributed by atoms with van der Waals surface area (Å²) in [5.74, 6) is -0.306. The van der Waals surface area contributed by atoms with Crippen molar-refractivity contribution in [1.82, 2.24) is 0 Å². The van der Waals surface area contributed by atoms with Crippen LogP contribution >= 0.6 is 0 Å². The lowest BCUT2D eigenvalue weighted by molar-refractivity contribution is -0.139. The van der Waals surface area contributed by atoms with Crippen molar-refractivity contribution in [3.63, 3.8) is 0 Å². The van der Waals surface area contributed by atoms with Crippen molar-refractivity contribution in [3.05, 3.63) is 95.6 Å². The van der Waals surface area contributed by atoms with Crippen molar-refractivity contribution < 1.29 is 14.3 Å². The maximum absolute atomic E-state index is 13.7. The quantitative estimate of drug-likeness (QED) is 0.420. The average Bonchev–Trinajstić information content (AvgIpc) is 2.86. The zero-order valence-electron chi connectivity index (χ0n) is 21.2. The number of carbonyl (C=O) groups excluding carboxylic acids is 2. The first kappa shape index (κ1) is 24.5. The first-order chi connectivity index (χ1) is 16.7. The monoisotopic (exact) mass is 470 g/mol. The molecular weight excluding hydrogens is 436 g/mol. The fourth-order valence-corrected chi connectivity index (χ4v) is 4.84. The van der Waals surface area contributed by atoms with E-state index in [0.717, 1.165) is 16.9 Å². The maximum atomic E-state index is 13.7. The molecule has 0 radical (unpaired) electrons. The highest BCUT2D eigenvalue weighted by Crippen LogP contribution is 2.42. The highest BCUT2D eigenvalue weighted by atomic mass is 16.5. The van der Waals surface area contributed by atoms with Crippen molar-refractivity contribution >= 4 is 23.3 Å². The molecule has 2 atom stereocenters. The molecule has 1 aliphatic heterocycles. The van der Waals surface area contributed by atoms with Gasteiger partial charge in [-0.1, -0.05) is 69.3 Å². The Hall–Kier alpha value is -3.60. The Morgan fingerprint density at radius 1 is 0.943 bits per heavy atom. The van der Waals surface area contributed by atoms with E-state index in [0.29, 0.717) is 12.0 Å². The Labute approximate surface area is 208 Å². The van der Waals surface area contributed by atoms with Crippen LogP contribution in [0.4, 0.5) is 11.4 Å². The summed E-state index contributed by atoms with van der Waals surface area (Å²) in [5, 5.41) is 0. The van der Waals surface area contributed by atoms with E-state index in [4.69, 9.17) is 4.74 Å². The van der Waals surface area contributed by atoms with Crippen LogP contribution in [0.3, 0.4) is 0 Å². The van der Waals surface area contributed by atoms with Crippen molar-refractivity contribution in [2.45, 2.75) is 51.6 Å². The van der Waals surface area contributed by atoms with Crippen LogP contribution in [0.2, 0.25) is 0 Å². The Morgan fingerprint density at radius 3 is 2.20 bits per heavy atom. The lowest BCUT2D eigenvalue weighted by Gasteiger charge is -2.44. The molecule has 5 nitrogen and oxygen atoms in total. The van der Waals surface area contributed by atoms with Crippen LogP contribution < -0.4 is 9.80 Å². The lowest BCUT2D eigenvalue weighted by atomic mass is 9.86. The summed E-state index contributed by atoms with van der Waals surface area (Å²) in [6.07, 6.45) is 0.689. The normalized spacial score (nSPS) is 17.5. The Morgan fingerprint density at radius 2 is 1.57 bits per heavy atom. The van der Waals surface area contributed by atoms with E-state index in [-0.39, 0.29) is 35.9 Å². The first-order valence-electron chi connectivity index (χ1n) is 12.1. The van der Waals surface area contributed by atoms with Gasteiger partial charge < -0.3 is 14.5 Å². The van der Waals surface area contributed by atoms with Crippen LogP contribution in [-0.4, -0.2) is 31.6 Å². The van der Waals surface area contributed by atoms with Gasteiger partial charge in [-0.2, -0.15) is 0 Å². The number of anilines is 2. The van der Waals surface area contributed by atoms with E-state index in [1.807, 2.05) is 77.7 Å². The molecule has 0 N–H and O–H groups in total. The smallest absolute Gasteiger partial charge is 0.325 e. The van der Waals surface area contributed by atoms with Crippen LogP contribution in [0.1, 0.15) is 61.6 Å². The molecule has 3 aromatic rings. The van der Waals surface area contributed by atoms with Gasteiger partial charge >= 0.3 is 5.97 Å². The molecule has 182 valence electrons. The number of benzene rings is 3. The van der Waals surface area contributed by atoms with Gasteiger partial charge in [0.05, 0.1) is 13.2 Å². The summed E-state index contributed by atoms with van der Waals surface area (Å²) in [6, 6.07) is 25.7. The molecule has 0 fully saturated rings. The summed E-state index contributed by atoms with van der Waals surface area (Å²) in [5.41, 5.74) is 4.75. The molecule has 3 aromatic carbocycles. The third-order valence-corrected chi connectivity index (χ3v) is 6.77. The fraction of sp³-hybridized carbons (Fsp3) is 0.333. The zero-order chi connectivity index (χ0) is 25.2. The molecule has 1 heterocycles. The predicted octanol–water partition coefficient (Wildman–Crippen LogP) is 6.14. The van der Waals surface area contributed by atoms with Crippen molar-refractivity contribution in [1.29, 1.82) is 0 Å². The molecule has 0 unspecified atom stereocenters. The molecule has 35 heavy (non-hydrogen) atoms. The average molecular weight is 471 g/mol. The van der Waals surface area contributed by atoms with Crippen LogP contribution in [0.5, 0.6) is 0 Å². The summed E-state index contributed by atoms with van der Waals surface area (Å²) in [7, 11) is 1.41. The number of methoxy groups -OCH3 is 1. The lowest BCUT2D eigenvalue weighted by Crippen LogP contribution is -2.47. The molecule has 0 saturated carbocycles. The number of hydrogen-bond donors (Lipinski definition) is 0. The van der Waals surface area contributed by atoms with Gasteiger partial charge in [-0.05, 0) is 60.2 Å². The number of amides is 1. The topological polar surface area (TPSA) is 49.9 Å². The highest BCUT2D eigenvalue weighted by Gasteiger charge is 2.37. The van der Waals surface area contributed by atoms with Gasteiger partial charge in [0.1, 0.15) is 6.54 Å². The number of hydrogen-bond acceptors (Lipinski definition) is 4. The molecule has 5 heteroatoms. The molecular formula is C30H34N2O3. The van der Waals surface area contributed by atoms with Crippen LogP contribution in [0, 0.1) is 0 Å². The third kappa shape index (κ3) is 5.09. The number of para-hydroxylation sites is 2. The van der Waals surface area contributed by atoms with Crippen LogP contribution in [0.25, 0.3) is 0 Å². The standard InChI is InChI=1S/C30H34N2O3/c1-21-19-27(31(20-28(33)35-5)24-11-7-6-8-12-24)25-13-9-10-14-26(25)32(21)29(34)22-15-17-23(18-16-22)30(2,3)4/h6-18,21,27H,19-20H2,1-5H3/t21-,27+/m0/s1. The Kier molecular flexibility index (Phi) is 6.97. The van der Waals surface area contributed by atoms with Gasteiger partial charge in [0, 0.05) is 23.0 Å². The van der Waals surface area contributed by atoms with Gasteiger partial charge in [0.15, 0.2) is 0 Å². The molecule has 4 rings (SSSR count). The van der Waals surface area contributed by atoms with Crippen molar-refractivity contribution in [2.75, 3.05) is 23.5 Å². The maximum Gasteiger partial charge on any atom is 0.325 e. The molecule has 1 aliphatic rings. The Bertz CT molecular complexity index is 1180. The highest BCUT2D eigenvalue weighted by molar-refractivity contribution is 6.07. The zero-order valence-corrected chi connectivity index (χ0v) is 21.2. The fourth-order valence-electron chi connectivity index (χ4n) is 4.84. The SMILES string of the molecule is COC(=O)CN(c1ccccc1)[C@@H]1C[C@H](C)N(C(=O)c2ccc(C(C)(C)C)cc2)c2ccccc21. The number of nitrogens with zero attached hydrogens (tertiary/aromatic N) is 2. The molecule has 0 bridgehead atoms. The second-order valence-electron chi connectivity index (χ2n) is 10.2. The molecule has 0 aromatic heterocycles. The minimum atomic E-state index is -0.295. The summed E-state index contributed by atoms with van der Waals surface area (Å²) in [6.45, 7) is 8.71. The van der Waals surface area contributed by atoms with E-state index in [2.05, 4.69) is 38.7 Å². The predicted molar refractivity (Wildman–Crippen MR) is 141 cm³/mol. The minimum absolute atomic E-state index is 0.0110. The number of carbonyl (C=O) groups is 2. The van der Waals surface area contributed by atoms with Crippen LogP contribution in [-0.2, 0) is 14.9 Å². The number of rotatable bonds is 5. The summed E-state index contributed by atoms with van der Waals surface area (Å²) >= 11 is 0. The van der Waals surface area contributed by atoms with E-state index < -0.39 is 0 Å². The van der Waals surface area contributed by atoms with E-state index in [9.17, 15) is 9.59 Å². The Balaban J connectivity index is 1.72. The second-order valence-corrected chi connectivity index (χ2v) is 10.2. The molecule has 0 spiro atoms. The summed E-state index contributed by atoms with van der Waals surface area (Å²) < 4.78 is 5.01. The van der Waals surface area contributed by atoms with E-state index in [1.165, 1.54) is 12.7 Å². The van der Waals surface area contributed by atoms with Gasteiger partial charge in [-0.3, -0.25) is 9.59 Å². The molecule has 0 saturated heterocycles. The second kappa shape index (κ2) is 9.95. The number of fused-ring (bicyclic) bond motifs is 1. The molecule has 1 amide bonds. The van der Waals surface area contributed by atoms with Crippen LogP contribution in [0.15, 0.2) is 78.9 Å². The van der Waals surface area contributed by atoms with Crippen molar-refractivity contribution in [3.8, 4) is 0 Å². The van der Waals surface area contributed by atoms with E-state index in [1.54, 1.807) is 0 Å². The largest absolute Gasteiger partial charge is 0.468 e. The van der Waals surface area contributed by atoms with Gasteiger partial charge in [-0.25, -0.2) is 0 Å². The van der Waals surface area contributed by atoms with Gasteiger partial charge in [-0.15, -0.1) is 0 Å².